The Morgan fingerprint density at radius 2 is 2.17 bits per heavy atom. The van der Waals surface area contributed by atoms with Gasteiger partial charge in [-0.15, -0.1) is 5.10 Å². The van der Waals surface area contributed by atoms with E-state index in [1.54, 1.807) is 24.2 Å². The normalized spacial score (nSPS) is 11.1. The third kappa shape index (κ3) is 2.76. The molecule has 0 unspecified atom stereocenters. The first-order valence-electron chi connectivity index (χ1n) is 7.25. The number of rotatable bonds is 4. The van der Waals surface area contributed by atoms with Crippen LogP contribution in [-0.4, -0.2) is 37.3 Å². The van der Waals surface area contributed by atoms with E-state index in [4.69, 9.17) is 4.74 Å². The smallest absolute Gasteiger partial charge is 0.227 e. The Hall–Kier alpha value is -2.74. The van der Waals surface area contributed by atoms with E-state index in [1.807, 2.05) is 18.3 Å². The average molecular weight is 385 g/mol. The summed E-state index contributed by atoms with van der Waals surface area (Å²) in [5.41, 5.74) is 3.76. The molecular weight excluding hydrogens is 372 g/mol. The molecule has 8 heteroatoms. The van der Waals surface area contributed by atoms with Crippen LogP contribution < -0.4 is 4.74 Å². The van der Waals surface area contributed by atoms with Gasteiger partial charge in [-0.3, -0.25) is 5.10 Å². The lowest BCUT2D eigenvalue weighted by Gasteiger charge is -2.03. The summed E-state index contributed by atoms with van der Waals surface area (Å²) in [6, 6.07) is 8.08. The van der Waals surface area contributed by atoms with E-state index < -0.39 is 0 Å². The molecule has 0 bridgehead atoms. The summed E-state index contributed by atoms with van der Waals surface area (Å²) < 4.78 is 7.72. The maximum atomic E-state index is 5.14. The zero-order valence-electron chi connectivity index (χ0n) is 12.8. The predicted octanol–water partition coefficient (Wildman–Crippen LogP) is 3.04. The third-order valence-corrected chi connectivity index (χ3v) is 4.25. The molecule has 0 aliphatic rings. The number of nitrogens with zero attached hydrogens (tertiary/aromatic N) is 5. The number of pyridine rings is 1. The number of hydrogen-bond donors (Lipinski definition) is 1. The lowest BCUT2D eigenvalue weighted by Crippen LogP contribution is -2.00. The molecule has 0 radical (unpaired) electrons. The number of ether oxygens (including phenoxy) is 1. The fourth-order valence-corrected chi connectivity index (χ4v) is 3.00. The number of H-pyrrole nitrogens is 1. The van der Waals surface area contributed by atoms with Crippen molar-refractivity contribution in [1.29, 1.82) is 0 Å². The second kappa shape index (κ2) is 6.04. The average Bonchev–Trinajstić information content (AvgIpc) is 3.23. The molecule has 0 saturated carbocycles. The zero-order chi connectivity index (χ0) is 16.5. The van der Waals surface area contributed by atoms with E-state index in [0.29, 0.717) is 12.4 Å². The van der Waals surface area contributed by atoms with Gasteiger partial charge in [0.2, 0.25) is 5.88 Å². The number of aromatic nitrogens is 6. The molecule has 1 N–H and O–H groups in total. The van der Waals surface area contributed by atoms with Crippen LogP contribution in [0.2, 0.25) is 0 Å². The van der Waals surface area contributed by atoms with Gasteiger partial charge in [-0.05, 0) is 33.6 Å². The second-order valence-corrected chi connectivity index (χ2v) is 6.16. The molecule has 0 atom stereocenters. The Morgan fingerprint density at radius 1 is 1.25 bits per heavy atom. The molecule has 0 saturated heterocycles. The van der Waals surface area contributed by atoms with Gasteiger partial charge < -0.3 is 4.74 Å². The molecule has 0 spiro atoms. The molecular formula is C16H13BrN6O. The number of hydrogen-bond acceptors (Lipinski definition) is 5. The minimum absolute atomic E-state index is 0.541. The van der Waals surface area contributed by atoms with E-state index in [2.05, 4.69) is 53.6 Å². The monoisotopic (exact) mass is 384 g/mol. The van der Waals surface area contributed by atoms with E-state index in [-0.39, 0.29) is 0 Å². The molecule has 0 fully saturated rings. The van der Waals surface area contributed by atoms with Crippen LogP contribution >= 0.6 is 15.9 Å². The standard InChI is InChI=1S/C16H13BrN6O/c1-24-16-13(17)5-12(6-18-16)15-9-23(22-21-15)8-10-2-3-11-7-19-20-14(11)4-10/h2-7,9H,8H2,1H3,(H,19,20). The first-order chi connectivity index (χ1) is 11.7. The summed E-state index contributed by atoms with van der Waals surface area (Å²) in [4.78, 5) is 4.24. The van der Waals surface area contributed by atoms with Gasteiger partial charge >= 0.3 is 0 Å². The summed E-state index contributed by atoms with van der Waals surface area (Å²) in [7, 11) is 1.58. The van der Waals surface area contributed by atoms with Gasteiger partial charge in [-0.2, -0.15) is 5.10 Å². The SMILES string of the molecule is COc1ncc(-c2cn(Cc3ccc4cn[nH]c4c3)nn2)cc1Br. The molecule has 120 valence electrons. The van der Waals surface area contributed by atoms with Crippen molar-refractivity contribution >= 4 is 26.8 Å². The van der Waals surface area contributed by atoms with Crippen LogP contribution in [0.3, 0.4) is 0 Å². The highest BCUT2D eigenvalue weighted by molar-refractivity contribution is 9.10. The van der Waals surface area contributed by atoms with Gasteiger partial charge in [0.25, 0.3) is 0 Å². The Balaban J connectivity index is 1.59. The second-order valence-electron chi connectivity index (χ2n) is 5.31. The number of aromatic amines is 1. The van der Waals surface area contributed by atoms with Gasteiger partial charge in [0.05, 0.1) is 36.0 Å². The molecule has 7 nitrogen and oxygen atoms in total. The molecule has 0 aliphatic carbocycles. The maximum Gasteiger partial charge on any atom is 0.227 e. The maximum absolute atomic E-state index is 5.14. The first kappa shape index (κ1) is 14.8. The van der Waals surface area contributed by atoms with Gasteiger partial charge in [-0.1, -0.05) is 17.3 Å². The zero-order valence-corrected chi connectivity index (χ0v) is 14.4. The largest absolute Gasteiger partial charge is 0.480 e. The van der Waals surface area contributed by atoms with Crippen LogP contribution in [0.1, 0.15) is 5.56 Å². The highest BCUT2D eigenvalue weighted by atomic mass is 79.9. The molecule has 24 heavy (non-hydrogen) atoms. The molecule has 3 aromatic heterocycles. The van der Waals surface area contributed by atoms with Crippen molar-refractivity contribution in [3.63, 3.8) is 0 Å². The molecule has 0 aliphatic heterocycles. The lowest BCUT2D eigenvalue weighted by atomic mass is 10.1. The highest BCUT2D eigenvalue weighted by Crippen LogP contribution is 2.27. The Morgan fingerprint density at radius 3 is 3.00 bits per heavy atom. The summed E-state index contributed by atoms with van der Waals surface area (Å²) in [5.74, 6) is 0.541. The fraction of sp³-hybridized carbons (Fsp3) is 0.125. The number of benzene rings is 1. The van der Waals surface area contributed by atoms with Crippen LogP contribution in [0.4, 0.5) is 0 Å². The van der Waals surface area contributed by atoms with Crippen molar-refractivity contribution in [2.24, 2.45) is 0 Å². The first-order valence-corrected chi connectivity index (χ1v) is 8.04. The quantitative estimate of drug-likeness (QED) is 0.584. The summed E-state index contributed by atoms with van der Waals surface area (Å²) in [5, 5.41) is 16.5. The van der Waals surface area contributed by atoms with E-state index in [9.17, 15) is 0 Å². The summed E-state index contributed by atoms with van der Waals surface area (Å²) >= 11 is 3.43. The van der Waals surface area contributed by atoms with E-state index >= 15 is 0 Å². The Labute approximate surface area is 145 Å². The van der Waals surface area contributed by atoms with Gasteiger partial charge in [0.1, 0.15) is 5.69 Å². The summed E-state index contributed by atoms with van der Waals surface area (Å²) in [6.45, 7) is 0.632. The van der Waals surface area contributed by atoms with Crippen molar-refractivity contribution in [2.45, 2.75) is 6.54 Å². The third-order valence-electron chi connectivity index (χ3n) is 3.69. The van der Waals surface area contributed by atoms with Crippen LogP contribution in [0, 0.1) is 0 Å². The topological polar surface area (TPSA) is 81.5 Å². The van der Waals surface area contributed by atoms with Crippen molar-refractivity contribution in [1.82, 2.24) is 30.2 Å². The Bertz CT molecular complexity index is 1010. The van der Waals surface area contributed by atoms with Crippen LogP contribution in [0.5, 0.6) is 5.88 Å². The summed E-state index contributed by atoms with van der Waals surface area (Å²) in [6.07, 6.45) is 5.42. The Kier molecular flexibility index (Phi) is 3.73. The highest BCUT2D eigenvalue weighted by Gasteiger charge is 2.09. The number of halogens is 1. The van der Waals surface area contributed by atoms with E-state index in [1.165, 1.54) is 0 Å². The molecule has 4 aromatic rings. The number of methoxy groups -OCH3 is 1. The molecule has 1 aromatic carbocycles. The molecule has 0 amide bonds. The van der Waals surface area contributed by atoms with Gasteiger partial charge in [0.15, 0.2) is 0 Å². The van der Waals surface area contributed by atoms with Gasteiger partial charge in [-0.25, -0.2) is 9.67 Å². The van der Waals surface area contributed by atoms with Crippen LogP contribution in [0.15, 0.2) is 47.3 Å². The predicted molar refractivity (Wildman–Crippen MR) is 92.7 cm³/mol. The van der Waals surface area contributed by atoms with Crippen LogP contribution in [-0.2, 0) is 6.54 Å². The van der Waals surface area contributed by atoms with Gasteiger partial charge in [0, 0.05) is 17.1 Å². The van der Waals surface area contributed by atoms with Crippen molar-refractivity contribution < 1.29 is 4.74 Å². The number of nitrogens with one attached hydrogen (secondary N) is 1. The van der Waals surface area contributed by atoms with Crippen molar-refractivity contribution in [3.05, 3.63) is 52.9 Å². The minimum atomic E-state index is 0.541. The van der Waals surface area contributed by atoms with Crippen molar-refractivity contribution in [3.8, 4) is 17.1 Å². The fourth-order valence-electron chi connectivity index (χ4n) is 2.49. The molecule has 4 rings (SSSR count). The lowest BCUT2D eigenvalue weighted by molar-refractivity contribution is 0.395. The molecule has 3 heterocycles. The van der Waals surface area contributed by atoms with E-state index in [0.717, 1.165) is 32.2 Å². The number of fused-ring (bicyclic) bond motifs is 1. The van der Waals surface area contributed by atoms with Crippen LogP contribution in [0.25, 0.3) is 22.2 Å². The minimum Gasteiger partial charge on any atom is -0.480 e. The van der Waals surface area contributed by atoms with Crippen molar-refractivity contribution in [2.75, 3.05) is 7.11 Å².